The van der Waals surface area contributed by atoms with Crippen LogP contribution in [0, 0.1) is 13.8 Å². The minimum atomic E-state index is -0.191. The van der Waals surface area contributed by atoms with Gasteiger partial charge in [-0.25, -0.2) is 0 Å². The van der Waals surface area contributed by atoms with Crippen molar-refractivity contribution in [1.29, 1.82) is 0 Å². The first kappa shape index (κ1) is 23.1. The number of anilines is 1. The summed E-state index contributed by atoms with van der Waals surface area (Å²) in [7, 11) is 0. The van der Waals surface area contributed by atoms with E-state index in [1.54, 1.807) is 0 Å². The van der Waals surface area contributed by atoms with Gasteiger partial charge in [0.05, 0.1) is 5.57 Å². The Morgan fingerprint density at radius 1 is 0.879 bits per heavy atom. The van der Waals surface area contributed by atoms with Crippen molar-refractivity contribution in [2.75, 3.05) is 50.8 Å². The Labute approximate surface area is 196 Å². The fourth-order valence-electron chi connectivity index (χ4n) is 4.69. The average Bonchev–Trinajstić information content (AvgIpc) is 3.07. The Bertz CT molecular complexity index is 1040. The van der Waals surface area contributed by atoms with Crippen LogP contribution >= 0.6 is 0 Å². The van der Waals surface area contributed by atoms with E-state index in [9.17, 15) is 9.59 Å². The number of rotatable bonds is 8. The molecule has 0 N–H and O–H groups in total. The summed E-state index contributed by atoms with van der Waals surface area (Å²) in [5, 5.41) is 0. The molecule has 2 aromatic carbocycles. The lowest BCUT2D eigenvalue weighted by Gasteiger charge is -2.37. The van der Waals surface area contributed by atoms with Gasteiger partial charge in [-0.3, -0.25) is 14.5 Å². The predicted octanol–water partition coefficient (Wildman–Crippen LogP) is 3.63. The number of hydrogen-bond acceptors (Lipinski definition) is 5. The zero-order valence-corrected chi connectivity index (χ0v) is 19.8. The second-order valence-electron chi connectivity index (χ2n) is 8.66. The summed E-state index contributed by atoms with van der Waals surface area (Å²) in [6, 6.07) is 16.4. The normalized spacial score (nSPS) is 16.9. The molecule has 33 heavy (non-hydrogen) atoms. The lowest BCUT2D eigenvalue weighted by molar-refractivity contribution is -0.137. The minimum absolute atomic E-state index is 0.181. The third-order valence-corrected chi connectivity index (χ3v) is 6.39. The third-order valence-electron chi connectivity index (χ3n) is 6.39. The van der Waals surface area contributed by atoms with Crippen molar-refractivity contribution in [3.63, 3.8) is 0 Å². The summed E-state index contributed by atoms with van der Waals surface area (Å²) >= 11 is 0. The van der Waals surface area contributed by atoms with Crippen LogP contribution < -0.4 is 4.90 Å². The van der Waals surface area contributed by atoms with E-state index in [4.69, 9.17) is 4.74 Å². The summed E-state index contributed by atoms with van der Waals surface area (Å²) in [4.78, 5) is 32.9. The van der Waals surface area contributed by atoms with Crippen LogP contribution in [0.4, 0.5) is 5.69 Å². The van der Waals surface area contributed by atoms with Gasteiger partial charge in [0.15, 0.2) is 0 Å². The number of aryl methyl sites for hydroxylation is 2. The molecule has 1 fully saturated rings. The number of piperazine rings is 1. The van der Waals surface area contributed by atoms with E-state index < -0.39 is 0 Å². The Morgan fingerprint density at radius 2 is 1.58 bits per heavy atom. The Kier molecular flexibility index (Phi) is 7.14. The second kappa shape index (κ2) is 10.2. The highest BCUT2D eigenvalue weighted by molar-refractivity contribution is 6.35. The quantitative estimate of drug-likeness (QED) is 0.457. The van der Waals surface area contributed by atoms with Crippen LogP contribution in [0.15, 0.2) is 54.2 Å². The highest BCUT2D eigenvalue weighted by atomic mass is 16.5. The number of amides is 2. The van der Waals surface area contributed by atoms with Crippen molar-refractivity contribution < 1.29 is 14.3 Å². The molecule has 2 aliphatic rings. The lowest BCUT2D eigenvalue weighted by atomic mass is 9.97. The number of hydrogen-bond donors (Lipinski definition) is 0. The highest BCUT2D eigenvalue weighted by Gasteiger charge is 2.42. The topological polar surface area (TPSA) is 53.1 Å². The summed E-state index contributed by atoms with van der Waals surface area (Å²) in [6.07, 6.45) is 0.639. The van der Waals surface area contributed by atoms with Gasteiger partial charge in [-0.2, -0.15) is 0 Å². The van der Waals surface area contributed by atoms with E-state index in [0.29, 0.717) is 50.5 Å². The molecule has 0 radical (unpaired) electrons. The number of carbonyl (C=O) groups excluding carboxylic acids is 2. The van der Waals surface area contributed by atoms with Gasteiger partial charge < -0.3 is 14.5 Å². The van der Waals surface area contributed by atoms with Crippen molar-refractivity contribution in [2.45, 2.75) is 27.2 Å². The summed E-state index contributed by atoms with van der Waals surface area (Å²) < 4.78 is 5.43. The summed E-state index contributed by atoms with van der Waals surface area (Å²) in [5.41, 5.74) is 5.29. The van der Waals surface area contributed by atoms with Gasteiger partial charge in [0, 0.05) is 51.6 Å². The first-order valence-electron chi connectivity index (χ1n) is 11.8. The number of ether oxygens (including phenoxy) is 1. The number of para-hydroxylation sites is 1. The van der Waals surface area contributed by atoms with Gasteiger partial charge in [-0.15, -0.1) is 0 Å². The molecule has 2 aromatic rings. The molecule has 0 bridgehead atoms. The van der Waals surface area contributed by atoms with Crippen molar-refractivity contribution in [3.05, 3.63) is 70.9 Å². The largest absolute Gasteiger partial charge is 0.382 e. The monoisotopic (exact) mass is 447 g/mol. The van der Waals surface area contributed by atoms with Crippen molar-refractivity contribution >= 4 is 23.1 Å². The lowest BCUT2D eigenvalue weighted by Crippen LogP contribution is -2.47. The Hall–Kier alpha value is -3.12. The van der Waals surface area contributed by atoms with Crippen LogP contribution in [0.1, 0.15) is 30.0 Å². The van der Waals surface area contributed by atoms with Crippen LogP contribution in [0.25, 0.3) is 5.57 Å². The molecule has 6 heteroatoms. The summed E-state index contributed by atoms with van der Waals surface area (Å²) in [5.74, 6) is -0.372. The molecular weight excluding hydrogens is 414 g/mol. The van der Waals surface area contributed by atoms with Crippen LogP contribution in [0.2, 0.25) is 0 Å². The fraction of sp³-hybridized carbons (Fsp3) is 0.407. The van der Waals surface area contributed by atoms with E-state index >= 15 is 0 Å². The zero-order valence-electron chi connectivity index (χ0n) is 19.8. The molecule has 0 aliphatic carbocycles. The molecule has 0 spiro atoms. The maximum absolute atomic E-state index is 13.5. The van der Waals surface area contributed by atoms with Crippen LogP contribution in [-0.2, 0) is 14.3 Å². The van der Waals surface area contributed by atoms with Crippen LogP contribution in [0.3, 0.4) is 0 Å². The van der Waals surface area contributed by atoms with Gasteiger partial charge >= 0.3 is 0 Å². The smallest absolute Gasteiger partial charge is 0.277 e. The van der Waals surface area contributed by atoms with Crippen molar-refractivity contribution in [3.8, 4) is 0 Å². The first-order valence-corrected chi connectivity index (χ1v) is 11.8. The molecule has 1 saturated heterocycles. The zero-order chi connectivity index (χ0) is 23.4. The maximum atomic E-state index is 13.5. The van der Waals surface area contributed by atoms with Gasteiger partial charge in [-0.05, 0) is 50.5 Å². The Morgan fingerprint density at radius 3 is 2.24 bits per heavy atom. The molecule has 0 aromatic heterocycles. The van der Waals surface area contributed by atoms with E-state index in [0.717, 1.165) is 29.8 Å². The second-order valence-corrected chi connectivity index (χ2v) is 8.66. The molecule has 2 heterocycles. The molecule has 4 rings (SSSR count). The van der Waals surface area contributed by atoms with E-state index in [2.05, 4.69) is 28.0 Å². The van der Waals surface area contributed by atoms with Gasteiger partial charge in [0.2, 0.25) is 0 Å². The molecule has 174 valence electrons. The number of benzene rings is 2. The van der Waals surface area contributed by atoms with E-state index in [1.165, 1.54) is 10.6 Å². The van der Waals surface area contributed by atoms with Crippen molar-refractivity contribution in [1.82, 2.24) is 9.80 Å². The molecule has 6 nitrogen and oxygen atoms in total. The SMILES string of the molecule is CCOCCCN1C(=O)C(c2ccc(C)cc2C)=C(N2CCN(c3ccccc3)CC2)C1=O. The average molecular weight is 448 g/mol. The first-order chi connectivity index (χ1) is 16.0. The molecule has 0 unspecified atom stereocenters. The molecule has 0 atom stereocenters. The van der Waals surface area contributed by atoms with Crippen LogP contribution in [0.5, 0.6) is 0 Å². The van der Waals surface area contributed by atoms with Crippen LogP contribution in [-0.4, -0.2) is 67.6 Å². The fourth-order valence-corrected chi connectivity index (χ4v) is 4.69. The third kappa shape index (κ3) is 4.81. The summed E-state index contributed by atoms with van der Waals surface area (Å²) in [6.45, 7) is 10.5. The van der Waals surface area contributed by atoms with E-state index in [1.807, 2.05) is 51.1 Å². The number of carbonyl (C=O) groups is 2. The molecule has 2 amide bonds. The van der Waals surface area contributed by atoms with Gasteiger partial charge in [0.1, 0.15) is 5.70 Å². The maximum Gasteiger partial charge on any atom is 0.277 e. The molecular formula is C27H33N3O3. The molecule has 2 aliphatic heterocycles. The number of nitrogens with zero attached hydrogens (tertiary/aromatic N) is 3. The predicted molar refractivity (Wildman–Crippen MR) is 131 cm³/mol. The van der Waals surface area contributed by atoms with Gasteiger partial charge in [-0.1, -0.05) is 42.0 Å². The number of imide groups is 1. The Balaban J connectivity index is 1.61. The standard InChI is InChI=1S/C27H33N3O3/c1-4-33-18-8-13-30-26(31)24(23-12-11-20(2)19-21(23)3)25(27(30)32)29-16-14-28(15-17-29)22-9-6-5-7-10-22/h5-7,9-12,19H,4,8,13-18H2,1-3H3. The van der Waals surface area contributed by atoms with Gasteiger partial charge in [0.25, 0.3) is 11.8 Å². The minimum Gasteiger partial charge on any atom is -0.382 e. The highest BCUT2D eigenvalue weighted by Crippen LogP contribution is 2.34. The molecule has 0 saturated carbocycles. The van der Waals surface area contributed by atoms with E-state index in [-0.39, 0.29) is 11.8 Å². The van der Waals surface area contributed by atoms with Crippen molar-refractivity contribution in [2.24, 2.45) is 0 Å².